The van der Waals surface area contributed by atoms with Crippen LogP contribution in [0, 0.1) is 5.41 Å². The Morgan fingerprint density at radius 2 is 1.62 bits per heavy atom. The van der Waals surface area contributed by atoms with E-state index in [1.807, 2.05) is 36.4 Å². The number of hydrogen-bond donors (Lipinski definition) is 1. The number of nitrogens with one attached hydrogen (secondary N) is 1. The minimum Gasteiger partial charge on any atom is -0.337 e. The lowest BCUT2D eigenvalue weighted by atomic mass is 10.1. The minimum absolute atomic E-state index is 0.0417. The summed E-state index contributed by atoms with van der Waals surface area (Å²) in [4.78, 5) is 27.3. The predicted molar refractivity (Wildman–Crippen MR) is 125 cm³/mol. The van der Waals surface area contributed by atoms with E-state index < -0.39 is 0 Å². The standard InChI is InChI=1S/C25H23ClN4O2/c1-28(24(32)18-7-4-3-5-8-18)15-19-9-6-10-21-23(19)29(2)25(27)30(21)16-22(31)17-11-13-20(26)14-12-17/h3-14,27H,15-16H2,1-2H3. The van der Waals surface area contributed by atoms with Gasteiger partial charge in [-0.1, -0.05) is 41.9 Å². The monoisotopic (exact) mass is 446 g/mol. The number of fused-ring (bicyclic) bond motifs is 1. The van der Waals surface area contributed by atoms with E-state index in [0.29, 0.717) is 22.7 Å². The van der Waals surface area contributed by atoms with E-state index in [1.54, 1.807) is 64.5 Å². The smallest absolute Gasteiger partial charge is 0.253 e. The second-order valence-corrected chi connectivity index (χ2v) is 8.15. The lowest BCUT2D eigenvalue weighted by molar-refractivity contribution is 0.0785. The van der Waals surface area contributed by atoms with Crippen LogP contribution in [0.4, 0.5) is 0 Å². The van der Waals surface area contributed by atoms with Gasteiger partial charge in [0.25, 0.3) is 5.91 Å². The Hall–Kier alpha value is -3.64. The number of nitrogens with zero attached hydrogens (tertiary/aromatic N) is 3. The molecular weight excluding hydrogens is 424 g/mol. The zero-order valence-electron chi connectivity index (χ0n) is 17.9. The van der Waals surface area contributed by atoms with E-state index >= 15 is 0 Å². The van der Waals surface area contributed by atoms with E-state index in [2.05, 4.69) is 0 Å². The molecule has 162 valence electrons. The highest BCUT2D eigenvalue weighted by Crippen LogP contribution is 2.20. The van der Waals surface area contributed by atoms with Crippen LogP contribution < -0.4 is 5.62 Å². The van der Waals surface area contributed by atoms with E-state index in [-0.39, 0.29) is 23.9 Å². The van der Waals surface area contributed by atoms with Gasteiger partial charge in [0, 0.05) is 36.8 Å². The number of hydrogen-bond acceptors (Lipinski definition) is 3. The van der Waals surface area contributed by atoms with E-state index in [4.69, 9.17) is 17.0 Å². The molecule has 0 fully saturated rings. The van der Waals surface area contributed by atoms with Crippen molar-refractivity contribution in [3.8, 4) is 0 Å². The largest absolute Gasteiger partial charge is 0.337 e. The molecule has 4 rings (SSSR count). The fraction of sp³-hybridized carbons (Fsp3) is 0.160. The zero-order valence-corrected chi connectivity index (χ0v) is 18.6. The van der Waals surface area contributed by atoms with Crippen LogP contribution in [0.15, 0.2) is 72.8 Å². The second kappa shape index (κ2) is 8.85. The zero-order chi connectivity index (χ0) is 22.8. The third kappa shape index (κ3) is 4.09. The third-order valence-corrected chi connectivity index (χ3v) is 5.79. The van der Waals surface area contributed by atoms with Gasteiger partial charge in [-0.25, -0.2) is 0 Å². The van der Waals surface area contributed by atoms with E-state index in [0.717, 1.165) is 16.6 Å². The Bertz CT molecular complexity index is 1350. The fourth-order valence-electron chi connectivity index (χ4n) is 3.87. The van der Waals surface area contributed by atoms with Crippen LogP contribution in [-0.4, -0.2) is 32.8 Å². The maximum Gasteiger partial charge on any atom is 0.253 e. The molecule has 7 heteroatoms. The Labute approximate surface area is 190 Å². The Balaban J connectivity index is 1.66. The van der Waals surface area contributed by atoms with Crippen LogP contribution in [-0.2, 0) is 20.1 Å². The number of aryl methyl sites for hydroxylation is 1. The number of ketones is 1. The molecule has 3 aromatic carbocycles. The number of para-hydroxylation sites is 1. The highest BCUT2D eigenvalue weighted by atomic mass is 35.5. The van der Waals surface area contributed by atoms with E-state index in [1.165, 1.54) is 0 Å². The lowest BCUT2D eigenvalue weighted by Crippen LogP contribution is -2.27. The van der Waals surface area contributed by atoms with Crippen molar-refractivity contribution in [2.75, 3.05) is 7.05 Å². The van der Waals surface area contributed by atoms with Gasteiger partial charge in [-0.15, -0.1) is 0 Å². The topological polar surface area (TPSA) is 71.1 Å². The minimum atomic E-state index is -0.102. The molecule has 1 N–H and O–H groups in total. The molecule has 32 heavy (non-hydrogen) atoms. The summed E-state index contributed by atoms with van der Waals surface area (Å²) in [6.07, 6.45) is 0. The number of aromatic nitrogens is 2. The van der Waals surface area contributed by atoms with Gasteiger partial charge < -0.3 is 14.0 Å². The van der Waals surface area contributed by atoms with Crippen molar-refractivity contribution in [3.05, 3.63) is 100 Å². The Morgan fingerprint density at radius 1 is 0.938 bits per heavy atom. The summed E-state index contributed by atoms with van der Waals surface area (Å²) in [5, 5.41) is 9.15. The second-order valence-electron chi connectivity index (χ2n) is 7.71. The van der Waals surface area contributed by atoms with Gasteiger partial charge in [-0.2, -0.15) is 0 Å². The van der Waals surface area contributed by atoms with Gasteiger partial charge >= 0.3 is 0 Å². The first-order valence-electron chi connectivity index (χ1n) is 10.2. The van der Waals surface area contributed by atoms with Crippen LogP contribution >= 0.6 is 11.6 Å². The van der Waals surface area contributed by atoms with Crippen molar-refractivity contribution in [2.45, 2.75) is 13.1 Å². The van der Waals surface area contributed by atoms with Crippen molar-refractivity contribution in [1.82, 2.24) is 14.0 Å². The number of halogens is 1. The molecule has 1 aromatic heterocycles. The van der Waals surface area contributed by atoms with Crippen molar-refractivity contribution in [2.24, 2.45) is 7.05 Å². The normalized spacial score (nSPS) is 11.0. The first-order chi connectivity index (χ1) is 15.4. The lowest BCUT2D eigenvalue weighted by Gasteiger charge is -2.18. The number of carbonyl (C=O) groups is 2. The molecule has 0 aliphatic carbocycles. The summed E-state index contributed by atoms with van der Waals surface area (Å²) < 4.78 is 3.44. The molecule has 0 saturated carbocycles. The molecule has 0 aliphatic heterocycles. The van der Waals surface area contributed by atoms with Gasteiger partial charge in [-0.3, -0.25) is 15.0 Å². The summed E-state index contributed by atoms with van der Waals surface area (Å²) in [6.45, 7) is 0.424. The quantitative estimate of drug-likeness (QED) is 0.449. The van der Waals surface area contributed by atoms with Crippen LogP contribution in [0.2, 0.25) is 5.02 Å². The molecule has 0 atom stereocenters. The first kappa shape index (κ1) is 21.6. The molecule has 0 saturated heterocycles. The average molecular weight is 447 g/mol. The van der Waals surface area contributed by atoms with Gasteiger partial charge in [-0.05, 0) is 48.0 Å². The van der Waals surface area contributed by atoms with Crippen molar-refractivity contribution >= 4 is 34.3 Å². The molecule has 1 heterocycles. The maximum absolute atomic E-state index is 12.8. The molecule has 0 spiro atoms. The van der Waals surface area contributed by atoms with Crippen LogP contribution in [0.5, 0.6) is 0 Å². The SMILES string of the molecule is CN(Cc1cccc2c1n(C)c(=N)n2CC(=O)c1ccc(Cl)cc1)C(=O)c1ccccc1. The number of Topliss-reactive ketones (excluding diaryl/α,β-unsaturated/α-hetero) is 1. The fourth-order valence-corrected chi connectivity index (χ4v) is 4.00. The molecular formula is C25H23ClN4O2. The van der Waals surface area contributed by atoms with Crippen molar-refractivity contribution in [3.63, 3.8) is 0 Å². The predicted octanol–water partition coefficient (Wildman–Crippen LogP) is 4.27. The molecule has 0 aliphatic rings. The molecule has 0 radical (unpaired) electrons. The molecule has 1 amide bonds. The summed E-state index contributed by atoms with van der Waals surface area (Å²) in [5.41, 5.74) is 3.89. The van der Waals surface area contributed by atoms with Gasteiger partial charge in [0.15, 0.2) is 5.78 Å². The average Bonchev–Trinajstić information content (AvgIpc) is 3.05. The Morgan fingerprint density at radius 3 is 2.31 bits per heavy atom. The van der Waals surface area contributed by atoms with E-state index in [9.17, 15) is 9.59 Å². The first-order valence-corrected chi connectivity index (χ1v) is 10.6. The highest BCUT2D eigenvalue weighted by molar-refractivity contribution is 6.30. The summed E-state index contributed by atoms with van der Waals surface area (Å²) in [7, 11) is 3.56. The molecule has 4 aromatic rings. The molecule has 0 bridgehead atoms. The van der Waals surface area contributed by atoms with Gasteiger partial charge in [0.1, 0.15) is 0 Å². The summed E-state index contributed by atoms with van der Waals surface area (Å²) in [6, 6.07) is 21.6. The number of benzene rings is 3. The summed E-state index contributed by atoms with van der Waals surface area (Å²) in [5.74, 6) is -0.178. The van der Waals surface area contributed by atoms with Gasteiger partial charge in [0.05, 0.1) is 17.6 Å². The molecule has 6 nitrogen and oxygen atoms in total. The maximum atomic E-state index is 12.8. The van der Waals surface area contributed by atoms with Crippen molar-refractivity contribution in [1.29, 1.82) is 5.41 Å². The third-order valence-electron chi connectivity index (χ3n) is 5.54. The highest BCUT2D eigenvalue weighted by Gasteiger charge is 2.18. The molecule has 0 unspecified atom stereocenters. The number of imidazole rings is 1. The number of amides is 1. The van der Waals surface area contributed by atoms with Crippen LogP contribution in [0.1, 0.15) is 26.3 Å². The number of rotatable bonds is 6. The van der Waals surface area contributed by atoms with Gasteiger partial charge in [0.2, 0.25) is 5.62 Å². The van der Waals surface area contributed by atoms with Crippen molar-refractivity contribution < 1.29 is 9.59 Å². The summed E-state index contributed by atoms with van der Waals surface area (Å²) >= 11 is 5.93. The van der Waals surface area contributed by atoms with Crippen LogP contribution in [0.25, 0.3) is 11.0 Å². The van der Waals surface area contributed by atoms with Crippen LogP contribution in [0.3, 0.4) is 0 Å². The number of carbonyl (C=O) groups excluding carboxylic acids is 2. The Kier molecular flexibility index (Phi) is 5.97.